The highest BCUT2D eigenvalue weighted by Crippen LogP contribution is 2.32. The second kappa shape index (κ2) is 7.51. The van der Waals surface area contributed by atoms with Gasteiger partial charge in [-0.15, -0.1) is 0 Å². The Labute approximate surface area is 157 Å². The molecule has 0 fully saturated rings. The maximum Gasteiger partial charge on any atom is 0.331 e. The number of ether oxygens (including phenoxy) is 3. The predicted octanol–water partition coefficient (Wildman–Crippen LogP) is 4.11. The van der Waals surface area contributed by atoms with E-state index in [9.17, 15) is 13.6 Å². The fourth-order valence-electron chi connectivity index (χ4n) is 2.57. The van der Waals surface area contributed by atoms with Crippen LogP contribution in [0.25, 0.3) is 17.4 Å². The van der Waals surface area contributed by atoms with Crippen LogP contribution in [0.1, 0.15) is 11.3 Å². The van der Waals surface area contributed by atoms with Gasteiger partial charge in [-0.2, -0.15) is 0 Å². The molecule has 28 heavy (non-hydrogen) atoms. The number of fused-ring (bicyclic) bond motifs is 1. The van der Waals surface area contributed by atoms with E-state index in [1.165, 1.54) is 18.2 Å². The summed E-state index contributed by atoms with van der Waals surface area (Å²) >= 11 is 0. The summed E-state index contributed by atoms with van der Waals surface area (Å²) in [4.78, 5) is 11.9. The van der Waals surface area contributed by atoms with Gasteiger partial charge < -0.3 is 18.7 Å². The first-order chi connectivity index (χ1) is 13.6. The van der Waals surface area contributed by atoms with Crippen molar-refractivity contribution in [1.82, 2.24) is 5.16 Å². The van der Waals surface area contributed by atoms with Gasteiger partial charge in [-0.1, -0.05) is 11.2 Å². The molecule has 6 nitrogen and oxygen atoms in total. The largest absolute Gasteiger partial charge is 0.456 e. The highest BCUT2D eigenvalue weighted by molar-refractivity contribution is 5.87. The zero-order chi connectivity index (χ0) is 19.5. The Bertz CT molecular complexity index is 1060. The van der Waals surface area contributed by atoms with Crippen molar-refractivity contribution < 1.29 is 32.3 Å². The summed E-state index contributed by atoms with van der Waals surface area (Å²) in [5.41, 5.74) is 1.11. The van der Waals surface area contributed by atoms with Crippen molar-refractivity contribution in [2.24, 2.45) is 0 Å². The van der Waals surface area contributed by atoms with Gasteiger partial charge in [0.1, 0.15) is 23.9 Å². The molecule has 0 unspecified atom stereocenters. The van der Waals surface area contributed by atoms with Gasteiger partial charge in [0.15, 0.2) is 17.3 Å². The number of carbonyl (C=O) groups is 1. The van der Waals surface area contributed by atoms with Crippen LogP contribution in [-0.2, 0) is 16.1 Å². The van der Waals surface area contributed by atoms with Gasteiger partial charge in [-0.3, -0.25) is 0 Å². The molecule has 1 aliphatic rings. The van der Waals surface area contributed by atoms with E-state index in [4.69, 9.17) is 18.7 Å². The Kier molecular flexibility index (Phi) is 4.76. The molecule has 2 aromatic carbocycles. The van der Waals surface area contributed by atoms with Gasteiger partial charge in [0, 0.05) is 18.2 Å². The summed E-state index contributed by atoms with van der Waals surface area (Å²) in [6.07, 6.45) is 2.84. The van der Waals surface area contributed by atoms with Crippen molar-refractivity contribution in [3.05, 3.63) is 71.4 Å². The van der Waals surface area contributed by atoms with E-state index in [0.717, 1.165) is 17.7 Å². The average molecular weight is 385 g/mol. The number of esters is 1. The standard InChI is InChI=1S/C20H13F2NO5/c21-13-3-4-15(16(22)8-13)18-9-14(23-28-18)10-25-20(24)6-2-12-1-5-17-19(7-12)27-11-26-17/h1-9H,10-11H2/b6-2-. The lowest BCUT2D eigenvalue weighted by atomic mass is 10.1. The van der Waals surface area contributed by atoms with Gasteiger partial charge in [0.05, 0.1) is 5.56 Å². The SMILES string of the molecule is O=C(/C=C\c1ccc2c(c1)OCO2)OCc1cc(-c2ccc(F)cc2F)on1. The number of hydrogen-bond acceptors (Lipinski definition) is 6. The molecule has 0 amide bonds. The minimum Gasteiger partial charge on any atom is -0.456 e. The van der Waals surface area contributed by atoms with Crippen LogP contribution in [-0.4, -0.2) is 17.9 Å². The summed E-state index contributed by atoms with van der Waals surface area (Å²) in [6, 6.07) is 9.80. The molecule has 2 heterocycles. The van der Waals surface area contributed by atoms with Gasteiger partial charge in [-0.05, 0) is 35.9 Å². The smallest absolute Gasteiger partial charge is 0.331 e. The summed E-state index contributed by atoms with van der Waals surface area (Å²) < 4.78 is 47.3. The molecular weight excluding hydrogens is 372 g/mol. The van der Waals surface area contributed by atoms with Crippen LogP contribution >= 0.6 is 0 Å². The molecule has 0 saturated heterocycles. The van der Waals surface area contributed by atoms with Crippen LogP contribution in [0.5, 0.6) is 11.5 Å². The molecule has 0 N–H and O–H groups in total. The molecule has 0 bridgehead atoms. The van der Waals surface area contributed by atoms with Crippen molar-refractivity contribution >= 4 is 12.0 Å². The molecule has 8 heteroatoms. The first-order valence-corrected chi connectivity index (χ1v) is 8.24. The lowest BCUT2D eigenvalue weighted by Gasteiger charge is -1.99. The van der Waals surface area contributed by atoms with Crippen LogP contribution in [0.2, 0.25) is 0 Å². The second-order valence-electron chi connectivity index (χ2n) is 5.86. The van der Waals surface area contributed by atoms with E-state index in [-0.39, 0.29) is 24.7 Å². The van der Waals surface area contributed by atoms with E-state index in [2.05, 4.69) is 5.16 Å². The molecule has 0 atom stereocenters. The third-order valence-corrected chi connectivity index (χ3v) is 3.93. The van der Waals surface area contributed by atoms with Crippen molar-refractivity contribution in [2.45, 2.75) is 6.61 Å². The number of rotatable bonds is 5. The predicted molar refractivity (Wildman–Crippen MR) is 93.3 cm³/mol. The number of carbonyl (C=O) groups excluding carboxylic acids is 1. The van der Waals surface area contributed by atoms with Crippen molar-refractivity contribution in [1.29, 1.82) is 0 Å². The number of hydrogen-bond donors (Lipinski definition) is 0. The van der Waals surface area contributed by atoms with E-state index in [1.54, 1.807) is 24.3 Å². The van der Waals surface area contributed by atoms with Gasteiger partial charge in [0.25, 0.3) is 0 Å². The second-order valence-corrected chi connectivity index (χ2v) is 5.86. The molecule has 1 aliphatic heterocycles. The van der Waals surface area contributed by atoms with E-state index in [1.807, 2.05) is 0 Å². The number of aromatic nitrogens is 1. The molecule has 3 aromatic rings. The summed E-state index contributed by atoms with van der Waals surface area (Å²) in [5, 5.41) is 3.72. The maximum absolute atomic E-state index is 13.8. The monoisotopic (exact) mass is 385 g/mol. The Hall–Kier alpha value is -3.68. The van der Waals surface area contributed by atoms with Crippen LogP contribution in [0.3, 0.4) is 0 Å². The van der Waals surface area contributed by atoms with Crippen LogP contribution in [0.4, 0.5) is 8.78 Å². The average Bonchev–Trinajstić information content (AvgIpc) is 3.33. The Morgan fingerprint density at radius 2 is 1.96 bits per heavy atom. The van der Waals surface area contributed by atoms with Gasteiger partial charge >= 0.3 is 5.97 Å². The third-order valence-electron chi connectivity index (χ3n) is 3.93. The lowest BCUT2D eigenvalue weighted by Crippen LogP contribution is -2.00. The zero-order valence-electron chi connectivity index (χ0n) is 14.4. The lowest BCUT2D eigenvalue weighted by molar-refractivity contribution is -0.139. The Morgan fingerprint density at radius 3 is 2.82 bits per heavy atom. The normalized spacial score (nSPS) is 12.5. The topological polar surface area (TPSA) is 70.8 Å². The number of benzene rings is 2. The number of nitrogens with zero attached hydrogens (tertiary/aromatic N) is 1. The fourth-order valence-corrected chi connectivity index (χ4v) is 2.57. The third kappa shape index (κ3) is 3.85. The van der Waals surface area contributed by atoms with Crippen molar-refractivity contribution in [2.75, 3.05) is 6.79 Å². The summed E-state index contributed by atoms with van der Waals surface area (Å²) in [7, 11) is 0. The first kappa shape index (κ1) is 17.7. The molecule has 0 spiro atoms. The maximum atomic E-state index is 13.8. The minimum atomic E-state index is -0.772. The van der Waals surface area contributed by atoms with Gasteiger partial charge in [0.2, 0.25) is 6.79 Å². The minimum absolute atomic E-state index is 0.0641. The first-order valence-electron chi connectivity index (χ1n) is 8.24. The fraction of sp³-hybridized carbons (Fsp3) is 0.100. The highest BCUT2D eigenvalue weighted by atomic mass is 19.1. The molecule has 1 aromatic heterocycles. The highest BCUT2D eigenvalue weighted by Gasteiger charge is 2.14. The van der Waals surface area contributed by atoms with E-state index < -0.39 is 17.6 Å². The molecule has 0 radical (unpaired) electrons. The molecule has 4 rings (SSSR count). The van der Waals surface area contributed by atoms with Crippen LogP contribution in [0, 0.1) is 11.6 Å². The zero-order valence-corrected chi connectivity index (χ0v) is 14.4. The van der Waals surface area contributed by atoms with Gasteiger partial charge in [-0.25, -0.2) is 13.6 Å². The summed E-state index contributed by atoms with van der Waals surface area (Å²) in [6.45, 7) is 0.0165. The number of halogens is 2. The summed E-state index contributed by atoms with van der Waals surface area (Å²) in [5.74, 6) is -0.678. The Balaban J connectivity index is 1.35. The molecular formula is C20H13F2NO5. The van der Waals surface area contributed by atoms with Crippen LogP contribution in [0.15, 0.2) is 53.1 Å². The van der Waals surface area contributed by atoms with E-state index in [0.29, 0.717) is 17.2 Å². The van der Waals surface area contributed by atoms with Crippen LogP contribution < -0.4 is 9.47 Å². The quantitative estimate of drug-likeness (QED) is 0.486. The van der Waals surface area contributed by atoms with Crippen molar-refractivity contribution in [3.8, 4) is 22.8 Å². The molecule has 0 saturated carbocycles. The molecule has 142 valence electrons. The van der Waals surface area contributed by atoms with Crippen molar-refractivity contribution in [3.63, 3.8) is 0 Å². The molecule has 0 aliphatic carbocycles. The Morgan fingerprint density at radius 1 is 1.11 bits per heavy atom. The van der Waals surface area contributed by atoms with E-state index >= 15 is 0 Å².